The fourth-order valence-electron chi connectivity index (χ4n) is 3.10. The van der Waals surface area contributed by atoms with Gasteiger partial charge in [0.05, 0.1) is 20.2 Å². The summed E-state index contributed by atoms with van der Waals surface area (Å²) >= 11 is 15.6. The second-order valence-electron chi connectivity index (χ2n) is 7.09. The van der Waals surface area contributed by atoms with Crippen LogP contribution in [0.5, 0.6) is 5.75 Å². The Kier molecular flexibility index (Phi) is 8.89. The van der Waals surface area contributed by atoms with Gasteiger partial charge in [-0.2, -0.15) is 5.26 Å². The number of halogens is 4. The second-order valence-corrected chi connectivity index (χ2v) is 8.73. The zero-order valence-electron chi connectivity index (χ0n) is 17.7. The Morgan fingerprint density at radius 3 is 2.65 bits per heavy atom. The Hall–Kier alpha value is -3.11. The average Bonchev–Trinajstić information content (AvgIpc) is 2.81. The van der Waals surface area contributed by atoms with Gasteiger partial charge in [-0.1, -0.05) is 53.5 Å². The number of carbonyl (C=O) groups excluding carboxylic acids is 1. The molecule has 4 nitrogen and oxygen atoms in total. The quantitative estimate of drug-likeness (QED) is 0.174. The molecule has 0 spiro atoms. The number of allylic oxidation sites excluding steroid dienone is 1. The fourth-order valence-corrected chi connectivity index (χ4v) is 4.08. The van der Waals surface area contributed by atoms with Crippen LogP contribution in [0.1, 0.15) is 16.7 Å². The van der Waals surface area contributed by atoms with Gasteiger partial charge in [0.2, 0.25) is 0 Å². The van der Waals surface area contributed by atoms with Crippen LogP contribution in [0.2, 0.25) is 10.0 Å². The van der Waals surface area contributed by atoms with Crippen LogP contribution in [-0.2, 0) is 17.8 Å². The molecule has 172 valence electrons. The number of amides is 1. The molecule has 0 radical (unpaired) electrons. The van der Waals surface area contributed by atoms with E-state index in [1.165, 1.54) is 12.1 Å². The third-order valence-corrected chi connectivity index (χ3v) is 6.12. The molecule has 0 saturated heterocycles. The molecule has 0 aliphatic heterocycles. The number of rotatable bonds is 8. The standard InChI is InChI=1S/C26H18BrCl2FN2O2/c1-2-6-17-11-16(13-20(27)25(17)34-15-18-7-3-4-9-22(18)30)12-19(14-31)26(33)32-23-10-5-8-21(28)24(23)29/h2-5,7-13H,1,6,15H2,(H,32,33)/b19-12-. The van der Waals surface area contributed by atoms with E-state index in [-0.39, 0.29) is 28.0 Å². The van der Waals surface area contributed by atoms with Crippen molar-refractivity contribution in [1.29, 1.82) is 5.26 Å². The van der Waals surface area contributed by atoms with Crippen molar-refractivity contribution in [2.24, 2.45) is 0 Å². The zero-order valence-corrected chi connectivity index (χ0v) is 20.8. The Labute approximate surface area is 215 Å². The third-order valence-electron chi connectivity index (χ3n) is 4.71. The van der Waals surface area contributed by atoms with Crippen molar-refractivity contribution in [2.45, 2.75) is 13.0 Å². The maximum atomic E-state index is 14.0. The van der Waals surface area contributed by atoms with E-state index in [0.717, 1.165) is 5.56 Å². The Morgan fingerprint density at radius 1 is 1.18 bits per heavy atom. The highest BCUT2D eigenvalue weighted by molar-refractivity contribution is 9.10. The number of hydrogen-bond donors (Lipinski definition) is 1. The SMILES string of the molecule is C=CCc1cc(/C=C(/C#N)C(=O)Nc2cccc(Cl)c2Cl)cc(Br)c1OCc1ccccc1F. The first-order valence-electron chi connectivity index (χ1n) is 10.0. The number of nitriles is 1. The number of ether oxygens (including phenoxy) is 1. The van der Waals surface area contributed by atoms with Crippen molar-refractivity contribution in [3.63, 3.8) is 0 Å². The van der Waals surface area contributed by atoms with Gasteiger partial charge >= 0.3 is 0 Å². The maximum Gasteiger partial charge on any atom is 0.266 e. The maximum absolute atomic E-state index is 14.0. The van der Waals surface area contributed by atoms with Gasteiger partial charge in [-0.15, -0.1) is 6.58 Å². The van der Waals surface area contributed by atoms with Crippen LogP contribution in [0.25, 0.3) is 6.08 Å². The van der Waals surface area contributed by atoms with Gasteiger partial charge in [-0.25, -0.2) is 4.39 Å². The Morgan fingerprint density at radius 2 is 1.94 bits per heavy atom. The number of carbonyl (C=O) groups is 1. The molecule has 1 amide bonds. The molecule has 0 atom stereocenters. The van der Waals surface area contributed by atoms with Gasteiger partial charge in [-0.3, -0.25) is 4.79 Å². The van der Waals surface area contributed by atoms with Gasteiger partial charge in [0.15, 0.2) is 0 Å². The molecule has 0 aromatic heterocycles. The van der Waals surface area contributed by atoms with E-state index in [0.29, 0.717) is 33.5 Å². The van der Waals surface area contributed by atoms with Crippen molar-refractivity contribution >= 4 is 56.8 Å². The topological polar surface area (TPSA) is 62.1 Å². The van der Waals surface area contributed by atoms with Crippen LogP contribution in [0.4, 0.5) is 10.1 Å². The summed E-state index contributed by atoms with van der Waals surface area (Å²) in [4.78, 5) is 12.7. The number of hydrogen-bond acceptors (Lipinski definition) is 3. The van der Waals surface area contributed by atoms with Crippen molar-refractivity contribution in [2.75, 3.05) is 5.32 Å². The molecule has 3 rings (SSSR count). The fraction of sp³-hybridized carbons (Fsp3) is 0.0769. The molecule has 0 aliphatic rings. The summed E-state index contributed by atoms with van der Waals surface area (Å²) < 4.78 is 20.5. The third kappa shape index (κ3) is 6.27. The molecule has 3 aromatic rings. The molecule has 0 aliphatic carbocycles. The molecule has 34 heavy (non-hydrogen) atoms. The molecule has 8 heteroatoms. The van der Waals surface area contributed by atoms with Gasteiger partial charge in [0.25, 0.3) is 5.91 Å². The van der Waals surface area contributed by atoms with E-state index in [9.17, 15) is 14.4 Å². The summed E-state index contributed by atoms with van der Waals surface area (Å²) in [7, 11) is 0. The second kappa shape index (κ2) is 11.8. The Bertz CT molecular complexity index is 1320. The lowest BCUT2D eigenvalue weighted by Gasteiger charge is -2.14. The molecule has 0 fully saturated rings. The van der Waals surface area contributed by atoms with Crippen molar-refractivity contribution in [3.05, 3.63) is 110 Å². The monoisotopic (exact) mass is 558 g/mol. The van der Waals surface area contributed by atoms with Crippen molar-refractivity contribution in [3.8, 4) is 11.8 Å². The van der Waals surface area contributed by atoms with Gasteiger partial charge in [-0.05, 0) is 69.9 Å². The molecule has 3 aromatic carbocycles. The first kappa shape index (κ1) is 25.5. The van der Waals surface area contributed by atoms with Crippen LogP contribution in [-0.4, -0.2) is 5.91 Å². The summed E-state index contributed by atoms with van der Waals surface area (Å²) in [5.74, 6) is -0.463. The smallest absolute Gasteiger partial charge is 0.266 e. The summed E-state index contributed by atoms with van der Waals surface area (Å²) in [5.41, 5.74) is 1.93. The first-order chi connectivity index (χ1) is 16.3. The van der Waals surface area contributed by atoms with E-state index < -0.39 is 5.91 Å². The lowest BCUT2D eigenvalue weighted by Crippen LogP contribution is -2.13. The number of nitrogens with one attached hydrogen (secondary N) is 1. The molecule has 0 unspecified atom stereocenters. The summed E-state index contributed by atoms with van der Waals surface area (Å²) in [5, 5.41) is 12.6. The minimum Gasteiger partial charge on any atom is -0.487 e. The van der Waals surface area contributed by atoms with Crippen LogP contribution in [0.3, 0.4) is 0 Å². The minimum absolute atomic E-state index is 0.0385. The first-order valence-corrected chi connectivity index (χ1v) is 11.6. The van der Waals surface area contributed by atoms with E-state index in [1.54, 1.807) is 54.6 Å². The van der Waals surface area contributed by atoms with Gasteiger partial charge in [0.1, 0.15) is 29.8 Å². The van der Waals surface area contributed by atoms with Crippen LogP contribution in [0, 0.1) is 17.1 Å². The number of nitrogens with zero attached hydrogens (tertiary/aromatic N) is 1. The lowest BCUT2D eigenvalue weighted by atomic mass is 10.0. The Balaban J connectivity index is 1.88. The summed E-state index contributed by atoms with van der Waals surface area (Å²) in [6.07, 6.45) is 3.61. The molecule has 1 N–H and O–H groups in total. The van der Waals surface area contributed by atoms with E-state index in [1.807, 2.05) is 6.07 Å². The van der Waals surface area contributed by atoms with Crippen LogP contribution < -0.4 is 10.1 Å². The predicted octanol–water partition coefficient (Wildman–Crippen LogP) is 7.75. The highest BCUT2D eigenvalue weighted by atomic mass is 79.9. The molecule has 0 saturated carbocycles. The highest BCUT2D eigenvalue weighted by Crippen LogP contribution is 2.34. The van der Waals surface area contributed by atoms with Crippen LogP contribution >= 0.6 is 39.1 Å². The molecule has 0 bridgehead atoms. The van der Waals surface area contributed by atoms with E-state index >= 15 is 0 Å². The van der Waals surface area contributed by atoms with Gasteiger partial charge in [0, 0.05) is 5.56 Å². The van der Waals surface area contributed by atoms with E-state index in [4.69, 9.17) is 27.9 Å². The van der Waals surface area contributed by atoms with Gasteiger partial charge < -0.3 is 10.1 Å². The average molecular weight is 560 g/mol. The number of benzene rings is 3. The minimum atomic E-state index is -0.632. The highest BCUT2D eigenvalue weighted by Gasteiger charge is 2.15. The normalized spacial score (nSPS) is 11.0. The van der Waals surface area contributed by atoms with Crippen molar-refractivity contribution in [1.82, 2.24) is 0 Å². The predicted molar refractivity (Wildman–Crippen MR) is 137 cm³/mol. The summed E-state index contributed by atoms with van der Waals surface area (Å²) in [6, 6.07) is 16.6. The largest absolute Gasteiger partial charge is 0.487 e. The zero-order chi connectivity index (χ0) is 24.7. The molecule has 0 heterocycles. The number of anilines is 1. The molecular weight excluding hydrogens is 542 g/mol. The molecular formula is C26H18BrCl2FN2O2. The van der Waals surface area contributed by atoms with Crippen LogP contribution in [0.15, 0.2) is 77.3 Å². The summed E-state index contributed by atoms with van der Waals surface area (Å²) in [6.45, 7) is 3.81. The van der Waals surface area contributed by atoms with E-state index in [2.05, 4.69) is 27.8 Å². The lowest BCUT2D eigenvalue weighted by molar-refractivity contribution is -0.112. The van der Waals surface area contributed by atoms with Crippen molar-refractivity contribution < 1.29 is 13.9 Å².